The molecule has 0 bridgehead atoms. The topological polar surface area (TPSA) is 200 Å². The number of H-pyrrole nitrogens is 1. The number of hydrogen-bond acceptors (Lipinski definition) is 7. The van der Waals surface area contributed by atoms with Crippen molar-refractivity contribution in [1.82, 2.24) is 25.9 Å². The normalized spacial score (nSPS) is 14.3. The number of nitrogens with one attached hydrogen (secondary N) is 4. The molecule has 0 aliphatic carbocycles. The molecule has 0 aliphatic rings. The van der Waals surface area contributed by atoms with E-state index in [1.54, 1.807) is 12.1 Å². The van der Waals surface area contributed by atoms with Gasteiger partial charge in [-0.25, -0.2) is 9.78 Å². The number of nitrogens with two attached hydrogens (primary N) is 1. The molecule has 1 aromatic heterocycles. The second-order valence-corrected chi connectivity index (χ2v) is 8.30. The highest BCUT2D eigenvalue weighted by atomic mass is 16.4. The average Bonchev–Trinajstić information content (AvgIpc) is 3.35. The van der Waals surface area contributed by atoms with Gasteiger partial charge in [0.05, 0.1) is 18.9 Å². The van der Waals surface area contributed by atoms with E-state index < -0.39 is 48.4 Å². The Morgan fingerprint density at radius 2 is 1.74 bits per heavy atom. The van der Waals surface area contributed by atoms with Crippen molar-refractivity contribution >= 4 is 23.7 Å². The van der Waals surface area contributed by atoms with Gasteiger partial charge in [0.2, 0.25) is 17.7 Å². The van der Waals surface area contributed by atoms with E-state index in [0.29, 0.717) is 17.7 Å². The first kappa shape index (κ1) is 27.3. The zero-order chi connectivity index (χ0) is 26.0. The summed E-state index contributed by atoms with van der Waals surface area (Å²) < 4.78 is 0. The number of nitrogens with zero attached hydrogens (tertiary/aromatic N) is 1. The Kier molecular flexibility index (Phi) is 10.2. The molecule has 8 N–H and O–H groups in total. The molecule has 1 heterocycles. The summed E-state index contributed by atoms with van der Waals surface area (Å²) >= 11 is 0. The summed E-state index contributed by atoms with van der Waals surface area (Å²) in [5.41, 5.74) is 6.99. The Morgan fingerprint density at radius 3 is 2.31 bits per heavy atom. The number of aromatic nitrogens is 2. The van der Waals surface area contributed by atoms with Crippen molar-refractivity contribution in [2.45, 2.75) is 51.2 Å². The summed E-state index contributed by atoms with van der Waals surface area (Å²) in [5.74, 6) is -3.14. The van der Waals surface area contributed by atoms with Gasteiger partial charge in [0, 0.05) is 24.7 Å². The molecule has 12 nitrogen and oxygen atoms in total. The molecule has 2 rings (SSSR count). The average molecular weight is 489 g/mol. The van der Waals surface area contributed by atoms with Crippen LogP contribution in [0.15, 0.2) is 36.8 Å². The molecule has 0 aliphatic heterocycles. The highest BCUT2D eigenvalue weighted by Gasteiger charge is 2.28. The second kappa shape index (κ2) is 13.1. The minimum Gasteiger partial charge on any atom is -0.508 e. The Morgan fingerprint density at radius 1 is 1.06 bits per heavy atom. The highest BCUT2D eigenvalue weighted by molar-refractivity contribution is 5.92. The van der Waals surface area contributed by atoms with Crippen LogP contribution in [-0.4, -0.2) is 68.5 Å². The van der Waals surface area contributed by atoms with Crippen molar-refractivity contribution in [2.75, 3.05) is 6.54 Å². The summed E-state index contributed by atoms with van der Waals surface area (Å²) in [6.07, 6.45) is 3.57. The zero-order valence-electron chi connectivity index (χ0n) is 19.7. The lowest BCUT2D eigenvalue weighted by molar-refractivity contribution is -0.142. The number of phenols is 1. The fourth-order valence-electron chi connectivity index (χ4n) is 3.21. The van der Waals surface area contributed by atoms with Gasteiger partial charge in [0.25, 0.3) is 0 Å². The number of phenolic OH excluding ortho intramolecular Hbond substituents is 1. The molecule has 1 aromatic carbocycles. The van der Waals surface area contributed by atoms with Crippen molar-refractivity contribution < 1.29 is 29.4 Å². The van der Waals surface area contributed by atoms with Gasteiger partial charge in [-0.3, -0.25) is 14.4 Å². The molecule has 190 valence electrons. The molecule has 35 heavy (non-hydrogen) atoms. The van der Waals surface area contributed by atoms with E-state index in [0.717, 1.165) is 0 Å². The fourth-order valence-corrected chi connectivity index (χ4v) is 3.21. The number of amides is 3. The maximum absolute atomic E-state index is 13.0. The van der Waals surface area contributed by atoms with E-state index in [4.69, 9.17) is 5.73 Å². The molecule has 4 atom stereocenters. The number of aromatic amines is 1. The minimum atomic E-state index is -1.28. The van der Waals surface area contributed by atoms with Gasteiger partial charge in [0.15, 0.2) is 0 Å². The molecule has 4 unspecified atom stereocenters. The van der Waals surface area contributed by atoms with Gasteiger partial charge in [-0.15, -0.1) is 0 Å². The third kappa shape index (κ3) is 8.74. The van der Waals surface area contributed by atoms with Gasteiger partial charge in [-0.2, -0.15) is 0 Å². The number of carboxylic acids is 1. The number of carbonyl (C=O) groups excluding carboxylic acids is 3. The highest BCUT2D eigenvalue weighted by Crippen LogP contribution is 2.12. The van der Waals surface area contributed by atoms with E-state index in [-0.39, 0.29) is 24.5 Å². The van der Waals surface area contributed by atoms with Gasteiger partial charge in [-0.1, -0.05) is 32.4 Å². The van der Waals surface area contributed by atoms with Gasteiger partial charge in [0.1, 0.15) is 17.8 Å². The van der Waals surface area contributed by atoms with E-state index >= 15 is 0 Å². The van der Waals surface area contributed by atoms with Crippen LogP contribution >= 0.6 is 0 Å². The number of carbonyl (C=O) groups is 4. The Labute approximate surface area is 202 Å². The first-order valence-electron chi connectivity index (χ1n) is 11.2. The summed E-state index contributed by atoms with van der Waals surface area (Å²) in [6, 6.07) is 2.75. The molecular formula is C23H32N6O6. The van der Waals surface area contributed by atoms with Crippen LogP contribution in [0.25, 0.3) is 0 Å². The van der Waals surface area contributed by atoms with Crippen molar-refractivity contribution in [1.29, 1.82) is 0 Å². The minimum absolute atomic E-state index is 0.0173. The number of rotatable bonds is 13. The fraction of sp³-hybridized carbons (Fsp3) is 0.435. The van der Waals surface area contributed by atoms with Crippen LogP contribution in [0, 0.1) is 5.92 Å². The lowest BCUT2D eigenvalue weighted by atomic mass is 9.99. The van der Waals surface area contributed by atoms with E-state index in [1.165, 1.54) is 24.7 Å². The molecule has 0 saturated carbocycles. The molecule has 0 fully saturated rings. The summed E-state index contributed by atoms with van der Waals surface area (Å²) in [4.78, 5) is 56.1. The third-order valence-electron chi connectivity index (χ3n) is 5.60. The van der Waals surface area contributed by atoms with Crippen LogP contribution in [-0.2, 0) is 32.0 Å². The van der Waals surface area contributed by atoms with Crippen molar-refractivity contribution in [3.05, 3.63) is 48.0 Å². The van der Waals surface area contributed by atoms with Gasteiger partial charge < -0.3 is 36.9 Å². The maximum Gasteiger partial charge on any atom is 0.326 e. The molecule has 0 spiro atoms. The molecule has 2 aromatic rings. The SMILES string of the molecule is CCC(C)C(N)C(=O)NCC(=O)NC(Cc1cnc[nH]1)C(=O)NC(Cc1ccc(O)cc1)C(=O)O. The largest absolute Gasteiger partial charge is 0.508 e. The maximum atomic E-state index is 13.0. The quantitative estimate of drug-likeness (QED) is 0.194. The van der Waals surface area contributed by atoms with E-state index in [2.05, 4.69) is 25.9 Å². The smallest absolute Gasteiger partial charge is 0.326 e. The molecular weight excluding hydrogens is 456 g/mol. The number of imidazole rings is 1. The molecule has 0 radical (unpaired) electrons. The lowest BCUT2D eigenvalue weighted by Crippen LogP contribution is -2.55. The van der Waals surface area contributed by atoms with Crippen LogP contribution in [0.1, 0.15) is 31.5 Å². The van der Waals surface area contributed by atoms with Crippen LogP contribution in [0.5, 0.6) is 5.75 Å². The summed E-state index contributed by atoms with van der Waals surface area (Å²) in [6.45, 7) is 3.33. The first-order chi connectivity index (χ1) is 16.6. The van der Waals surface area contributed by atoms with E-state index in [1.807, 2.05) is 13.8 Å². The van der Waals surface area contributed by atoms with Crippen molar-refractivity contribution in [2.24, 2.45) is 11.7 Å². The Balaban J connectivity index is 2.05. The number of benzene rings is 1. The number of aromatic hydroxyl groups is 1. The molecule has 12 heteroatoms. The van der Waals surface area contributed by atoms with Crippen LogP contribution in [0.2, 0.25) is 0 Å². The third-order valence-corrected chi connectivity index (χ3v) is 5.60. The molecule has 0 saturated heterocycles. The number of aliphatic carboxylic acids is 1. The predicted molar refractivity (Wildman–Crippen MR) is 126 cm³/mol. The van der Waals surface area contributed by atoms with E-state index in [9.17, 15) is 29.4 Å². The van der Waals surface area contributed by atoms with Crippen molar-refractivity contribution in [3.8, 4) is 5.75 Å². The second-order valence-electron chi connectivity index (χ2n) is 8.30. The Bertz CT molecular complexity index is 994. The van der Waals surface area contributed by atoms with Gasteiger partial charge in [-0.05, 0) is 23.6 Å². The Hall–Kier alpha value is -3.93. The lowest BCUT2D eigenvalue weighted by Gasteiger charge is -2.22. The molecule has 3 amide bonds. The summed E-state index contributed by atoms with van der Waals surface area (Å²) in [7, 11) is 0. The first-order valence-corrected chi connectivity index (χ1v) is 11.2. The standard InChI is InChI=1S/C23H32N6O6/c1-3-13(2)20(24)22(33)26-11-19(31)28-17(9-15-10-25-12-27-15)21(32)29-18(23(34)35)8-14-4-6-16(30)7-5-14/h4-7,10,12-13,17-18,20,30H,3,8-9,11,24H2,1-2H3,(H,25,27)(H,26,33)(H,28,31)(H,29,32)(H,34,35). The summed E-state index contributed by atoms with van der Waals surface area (Å²) in [5, 5.41) is 26.4. The zero-order valence-corrected chi connectivity index (χ0v) is 19.7. The predicted octanol–water partition coefficient (Wildman–Crippen LogP) is -0.556. The monoisotopic (exact) mass is 488 g/mol. The van der Waals surface area contributed by atoms with Crippen LogP contribution in [0.4, 0.5) is 0 Å². The van der Waals surface area contributed by atoms with Crippen LogP contribution in [0.3, 0.4) is 0 Å². The van der Waals surface area contributed by atoms with Crippen molar-refractivity contribution in [3.63, 3.8) is 0 Å². The number of hydrogen-bond donors (Lipinski definition) is 7. The van der Waals surface area contributed by atoms with Crippen LogP contribution < -0.4 is 21.7 Å². The number of carboxylic acid groups (broad SMARTS) is 1. The van der Waals surface area contributed by atoms with Gasteiger partial charge >= 0.3 is 5.97 Å².